The molecule has 0 spiro atoms. The Morgan fingerprint density at radius 2 is 1.96 bits per heavy atom. The van der Waals surface area contributed by atoms with Crippen molar-refractivity contribution in [3.63, 3.8) is 0 Å². The van der Waals surface area contributed by atoms with Gasteiger partial charge in [0.2, 0.25) is 0 Å². The molecule has 0 radical (unpaired) electrons. The first-order chi connectivity index (χ1) is 12.0. The predicted molar refractivity (Wildman–Crippen MR) is 95.4 cm³/mol. The first-order valence-electron chi connectivity index (χ1n) is 7.95. The first-order valence-corrected chi connectivity index (χ1v) is 8.33. The van der Waals surface area contributed by atoms with Crippen molar-refractivity contribution in [2.24, 2.45) is 0 Å². The van der Waals surface area contributed by atoms with Crippen molar-refractivity contribution in [2.45, 2.75) is 19.8 Å². The summed E-state index contributed by atoms with van der Waals surface area (Å²) in [6.07, 6.45) is 0. The number of hydrogen-bond acceptors (Lipinski definition) is 3. The molecule has 7 heteroatoms. The molecule has 25 heavy (non-hydrogen) atoms. The van der Waals surface area contributed by atoms with Crippen LogP contribution in [0.1, 0.15) is 31.0 Å². The third-order valence-corrected chi connectivity index (χ3v) is 4.28. The normalized spacial score (nSPS) is 15.3. The molecule has 0 bridgehead atoms. The Labute approximate surface area is 147 Å². The largest absolute Gasteiger partial charge is 0.383 e. The number of anilines is 1. The van der Waals surface area contributed by atoms with E-state index in [0.717, 1.165) is 6.07 Å². The van der Waals surface area contributed by atoms with Crippen molar-refractivity contribution >= 4 is 28.1 Å². The number of rotatable bonds is 1. The fourth-order valence-corrected chi connectivity index (χ4v) is 3.19. The first kappa shape index (κ1) is 17.4. The summed E-state index contributed by atoms with van der Waals surface area (Å²) in [5.41, 5.74) is 0.926. The zero-order valence-corrected chi connectivity index (χ0v) is 14.4. The highest BCUT2D eigenvalue weighted by molar-refractivity contribution is 6.30. The van der Waals surface area contributed by atoms with E-state index in [4.69, 9.17) is 11.6 Å². The second kappa shape index (κ2) is 6.80. The van der Waals surface area contributed by atoms with Crippen molar-refractivity contribution in [3.8, 4) is 0 Å². The molecule has 1 unspecified atom stereocenters. The Bertz CT molecular complexity index is 1000. The zero-order valence-electron chi connectivity index (χ0n) is 13.7. The Morgan fingerprint density at radius 3 is 2.68 bits per heavy atom. The second-order valence-electron chi connectivity index (χ2n) is 5.41. The minimum atomic E-state index is -0.515. The topological polar surface area (TPSA) is 57.8 Å². The van der Waals surface area contributed by atoms with E-state index in [1.54, 1.807) is 12.1 Å². The summed E-state index contributed by atoms with van der Waals surface area (Å²) in [5.74, 6) is -1.38. The standard InChI is InChI=1S/C16H10ClF2N3O.C2H6/c17-7-1-2-9(12(19)3-7)11-6-20-13-5-8(18)4-10-14(13)15(11)21-22-16(10)23;1-2/h1-5,11,20H,6H2,(H,22,23);1-2H3. The van der Waals surface area contributed by atoms with Crippen LogP contribution in [0.2, 0.25) is 5.02 Å². The molecule has 3 aromatic rings. The van der Waals surface area contributed by atoms with E-state index in [1.807, 2.05) is 13.8 Å². The summed E-state index contributed by atoms with van der Waals surface area (Å²) in [4.78, 5) is 11.9. The second-order valence-corrected chi connectivity index (χ2v) is 5.85. The highest BCUT2D eigenvalue weighted by Crippen LogP contribution is 2.37. The summed E-state index contributed by atoms with van der Waals surface area (Å²) in [6, 6.07) is 6.90. The fourth-order valence-electron chi connectivity index (χ4n) is 3.03. The summed E-state index contributed by atoms with van der Waals surface area (Å²) >= 11 is 5.80. The van der Waals surface area contributed by atoms with Gasteiger partial charge in [-0.15, -0.1) is 0 Å². The number of nitrogens with zero attached hydrogens (tertiary/aromatic N) is 1. The van der Waals surface area contributed by atoms with E-state index in [0.29, 0.717) is 33.9 Å². The molecule has 1 aromatic heterocycles. The molecule has 1 aliphatic heterocycles. The number of aromatic nitrogens is 2. The SMILES string of the molecule is CC.O=c1[nH]nc2c3c(cc(F)cc13)NCC2c1ccc(Cl)cc1F. The molecule has 0 aliphatic carbocycles. The molecule has 2 N–H and O–H groups in total. The monoisotopic (exact) mass is 363 g/mol. The van der Waals surface area contributed by atoms with Crippen molar-refractivity contribution in [1.29, 1.82) is 0 Å². The number of halogens is 3. The number of nitrogens with one attached hydrogen (secondary N) is 2. The molecule has 4 nitrogen and oxygen atoms in total. The predicted octanol–water partition coefficient (Wildman–Crippen LogP) is 4.44. The van der Waals surface area contributed by atoms with Crippen molar-refractivity contribution < 1.29 is 8.78 Å². The molecule has 1 aliphatic rings. The van der Waals surface area contributed by atoms with Crippen LogP contribution >= 0.6 is 11.6 Å². The Morgan fingerprint density at radius 1 is 1.20 bits per heavy atom. The highest BCUT2D eigenvalue weighted by atomic mass is 35.5. The lowest BCUT2D eigenvalue weighted by Gasteiger charge is -2.26. The fraction of sp³-hybridized carbons (Fsp3) is 0.222. The van der Waals surface area contributed by atoms with Gasteiger partial charge in [0.25, 0.3) is 5.56 Å². The maximum atomic E-state index is 14.3. The zero-order chi connectivity index (χ0) is 18.1. The molecule has 2 aromatic carbocycles. The molecule has 0 fully saturated rings. The highest BCUT2D eigenvalue weighted by Gasteiger charge is 2.28. The van der Waals surface area contributed by atoms with Crippen molar-refractivity contribution in [2.75, 3.05) is 11.9 Å². The quantitative estimate of drug-likeness (QED) is 0.672. The van der Waals surface area contributed by atoms with Crippen LogP contribution in [0.3, 0.4) is 0 Å². The molecule has 2 heterocycles. The van der Waals surface area contributed by atoms with Crippen LogP contribution in [0.4, 0.5) is 14.5 Å². The van der Waals surface area contributed by atoms with Gasteiger partial charge in [-0.2, -0.15) is 5.10 Å². The minimum Gasteiger partial charge on any atom is -0.383 e. The molecule has 0 amide bonds. The Kier molecular flexibility index (Phi) is 4.72. The Hall–Kier alpha value is -2.47. The number of hydrogen-bond donors (Lipinski definition) is 2. The summed E-state index contributed by atoms with van der Waals surface area (Å²) in [5, 5.41) is 10.5. The average Bonchev–Trinajstić information content (AvgIpc) is 2.60. The van der Waals surface area contributed by atoms with Gasteiger partial charge in [0, 0.05) is 28.6 Å². The maximum absolute atomic E-state index is 14.3. The third-order valence-electron chi connectivity index (χ3n) is 4.05. The molecule has 1 atom stereocenters. The smallest absolute Gasteiger partial charge is 0.272 e. The van der Waals surface area contributed by atoms with Gasteiger partial charge < -0.3 is 5.32 Å². The van der Waals surface area contributed by atoms with E-state index in [9.17, 15) is 13.6 Å². The molecule has 0 saturated heterocycles. The number of aromatic amines is 1. The summed E-state index contributed by atoms with van der Waals surface area (Å²) in [7, 11) is 0. The van der Waals surface area contributed by atoms with Crippen LogP contribution in [-0.2, 0) is 0 Å². The van der Waals surface area contributed by atoms with Crippen LogP contribution in [-0.4, -0.2) is 16.7 Å². The molecular weight excluding hydrogens is 348 g/mol. The van der Waals surface area contributed by atoms with E-state index in [2.05, 4.69) is 15.5 Å². The van der Waals surface area contributed by atoms with Gasteiger partial charge >= 0.3 is 0 Å². The lowest BCUT2D eigenvalue weighted by atomic mass is 9.88. The van der Waals surface area contributed by atoms with Gasteiger partial charge in [-0.05, 0) is 29.8 Å². The number of H-pyrrole nitrogens is 1. The average molecular weight is 364 g/mol. The van der Waals surface area contributed by atoms with Crippen LogP contribution in [0, 0.1) is 11.6 Å². The van der Waals surface area contributed by atoms with Gasteiger partial charge in [-0.1, -0.05) is 31.5 Å². The maximum Gasteiger partial charge on any atom is 0.272 e. The van der Waals surface area contributed by atoms with E-state index >= 15 is 0 Å². The van der Waals surface area contributed by atoms with Gasteiger partial charge in [-0.3, -0.25) is 4.79 Å². The van der Waals surface area contributed by atoms with E-state index in [1.165, 1.54) is 12.1 Å². The summed E-state index contributed by atoms with van der Waals surface area (Å²) < 4.78 is 27.9. The van der Waals surface area contributed by atoms with Crippen molar-refractivity contribution in [1.82, 2.24) is 10.2 Å². The molecule has 4 rings (SSSR count). The molecular formula is C18H16ClF2N3O. The van der Waals surface area contributed by atoms with Crippen molar-refractivity contribution in [3.05, 3.63) is 68.6 Å². The van der Waals surface area contributed by atoms with Gasteiger partial charge in [0.05, 0.1) is 11.1 Å². The van der Waals surface area contributed by atoms with E-state index < -0.39 is 23.1 Å². The van der Waals surface area contributed by atoms with Gasteiger partial charge in [-0.25, -0.2) is 13.9 Å². The molecule has 130 valence electrons. The van der Waals surface area contributed by atoms with Crippen LogP contribution in [0.5, 0.6) is 0 Å². The number of benzene rings is 2. The van der Waals surface area contributed by atoms with Crippen LogP contribution in [0.25, 0.3) is 10.8 Å². The van der Waals surface area contributed by atoms with Gasteiger partial charge in [0.1, 0.15) is 11.6 Å². The van der Waals surface area contributed by atoms with E-state index in [-0.39, 0.29) is 5.39 Å². The third kappa shape index (κ3) is 2.98. The lowest BCUT2D eigenvalue weighted by molar-refractivity contribution is 0.595. The lowest BCUT2D eigenvalue weighted by Crippen LogP contribution is -2.25. The molecule has 0 saturated carbocycles. The summed E-state index contributed by atoms with van der Waals surface area (Å²) in [6.45, 7) is 4.34. The minimum absolute atomic E-state index is 0.191. The van der Waals surface area contributed by atoms with Crippen LogP contribution in [0.15, 0.2) is 35.1 Å². The van der Waals surface area contributed by atoms with Crippen LogP contribution < -0.4 is 10.9 Å². The Balaban J connectivity index is 0.000000880. The van der Waals surface area contributed by atoms with Gasteiger partial charge in [0.15, 0.2) is 0 Å².